The molecule has 0 heterocycles. The molecule has 0 saturated heterocycles. The molecule has 0 unspecified atom stereocenters. The Kier molecular flexibility index (Phi) is 4.06. The molecule has 5 heteroatoms. The van der Waals surface area contributed by atoms with Crippen LogP contribution >= 0.6 is 12.2 Å². The number of thiocarbonyl (C=S) groups is 1. The van der Waals surface area contributed by atoms with Crippen molar-refractivity contribution < 1.29 is 13.5 Å². The molecule has 0 spiro atoms. The van der Waals surface area contributed by atoms with Gasteiger partial charge in [-0.2, -0.15) is 0 Å². The summed E-state index contributed by atoms with van der Waals surface area (Å²) in [6.07, 6.45) is 0. The first-order valence-electron chi connectivity index (χ1n) is 5.53. The van der Waals surface area contributed by atoms with Crippen LogP contribution in [0, 0.1) is 11.6 Å². The van der Waals surface area contributed by atoms with Gasteiger partial charge in [0.25, 0.3) is 0 Å². The van der Waals surface area contributed by atoms with E-state index in [-0.39, 0.29) is 28.7 Å². The Morgan fingerprint density at radius 1 is 1.11 bits per heavy atom. The molecule has 2 rings (SSSR count). The van der Waals surface area contributed by atoms with E-state index in [1.807, 2.05) is 0 Å². The Hall–Kier alpha value is -2.01. The van der Waals surface area contributed by atoms with Gasteiger partial charge in [0.1, 0.15) is 29.0 Å². The lowest BCUT2D eigenvalue weighted by Gasteiger charge is -2.11. The van der Waals surface area contributed by atoms with E-state index in [1.165, 1.54) is 24.3 Å². The van der Waals surface area contributed by atoms with E-state index in [4.69, 9.17) is 22.7 Å². The maximum absolute atomic E-state index is 13.6. The van der Waals surface area contributed by atoms with Crippen LogP contribution < -0.4 is 10.5 Å². The van der Waals surface area contributed by atoms with Crippen LogP contribution in [-0.4, -0.2) is 4.99 Å². The SMILES string of the molecule is NC(=S)c1c(F)cccc1OCc1ccc(F)cc1. The lowest BCUT2D eigenvalue weighted by Crippen LogP contribution is -2.14. The summed E-state index contributed by atoms with van der Waals surface area (Å²) in [4.78, 5) is -0.0628. The second-order valence-corrected chi connectivity index (χ2v) is 4.33. The second-order valence-electron chi connectivity index (χ2n) is 3.89. The number of hydrogen-bond acceptors (Lipinski definition) is 2. The standard InChI is InChI=1S/C14H11F2NOS/c15-10-6-4-9(5-7-10)8-18-12-3-1-2-11(16)13(12)14(17)19/h1-7H,8H2,(H2,17,19). The first kappa shape index (κ1) is 13.4. The van der Waals surface area contributed by atoms with Crippen LogP contribution in [-0.2, 0) is 6.61 Å². The number of rotatable bonds is 4. The van der Waals surface area contributed by atoms with Gasteiger partial charge in [0.2, 0.25) is 0 Å². The van der Waals surface area contributed by atoms with E-state index in [9.17, 15) is 8.78 Å². The second kappa shape index (κ2) is 5.75. The monoisotopic (exact) mass is 279 g/mol. The van der Waals surface area contributed by atoms with E-state index >= 15 is 0 Å². The Labute approximate surface area is 114 Å². The molecule has 2 N–H and O–H groups in total. The minimum atomic E-state index is -0.524. The molecule has 0 radical (unpaired) electrons. The Balaban J connectivity index is 2.18. The van der Waals surface area contributed by atoms with Gasteiger partial charge in [0.15, 0.2) is 0 Å². The van der Waals surface area contributed by atoms with Gasteiger partial charge in [-0.05, 0) is 29.8 Å². The van der Waals surface area contributed by atoms with Crippen molar-refractivity contribution in [3.8, 4) is 5.75 Å². The summed E-state index contributed by atoms with van der Waals surface area (Å²) >= 11 is 4.79. The smallest absolute Gasteiger partial charge is 0.137 e. The van der Waals surface area contributed by atoms with Gasteiger partial charge in [0.05, 0.1) is 5.56 Å². The average Bonchev–Trinajstić information content (AvgIpc) is 2.37. The van der Waals surface area contributed by atoms with Crippen molar-refractivity contribution in [3.63, 3.8) is 0 Å². The molecule has 0 saturated carbocycles. The van der Waals surface area contributed by atoms with Crippen LogP contribution in [0.1, 0.15) is 11.1 Å². The van der Waals surface area contributed by atoms with E-state index in [2.05, 4.69) is 0 Å². The minimum Gasteiger partial charge on any atom is -0.488 e. The fourth-order valence-corrected chi connectivity index (χ4v) is 1.80. The first-order valence-corrected chi connectivity index (χ1v) is 5.94. The van der Waals surface area contributed by atoms with Crippen LogP contribution in [0.3, 0.4) is 0 Å². The van der Waals surface area contributed by atoms with Crippen LogP contribution in [0.4, 0.5) is 8.78 Å². The summed E-state index contributed by atoms with van der Waals surface area (Å²) in [7, 11) is 0. The third-order valence-electron chi connectivity index (χ3n) is 2.53. The molecule has 0 atom stereocenters. The van der Waals surface area contributed by atoms with E-state index < -0.39 is 5.82 Å². The molecule has 0 aliphatic carbocycles. The highest BCUT2D eigenvalue weighted by atomic mass is 32.1. The molecular weight excluding hydrogens is 268 g/mol. The largest absolute Gasteiger partial charge is 0.488 e. The molecule has 0 aromatic heterocycles. The molecule has 0 bridgehead atoms. The van der Waals surface area contributed by atoms with Gasteiger partial charge >= 0.3 is 0 Å². The van der Waals surface area contributed by atoms with Crippen molar-refractivity contribution in [3.05, 3.63) is 65.2 Å². The average molecular weight is 279 g/mol. The Morgan fingerprint density at radius 3 is 2.42 bits per heavy atom. The van der Waals surface area contributed by atoms with Crippen molar-refractivity contribution in [2.45, 2.75) is 6.61 Å². The summed E-state index contributed by atoms with van der Waals surface area (Å²) in [5, 5.41) is 0. The van der Waals surface area contributed by atoms with Gasteiger partial charge < -0.3 is 10.5 Å². The number of hydrogen-bond donors (Lipinski definition) is 1. The summed E-state index contributed by atoms with van der Waals surface area (Å²) in [6.45, 7) is 0.180. The van der Waals surface area contributed by atoms with Crippen molar-refractivity contribution in [1.29, 1.82) is 0 Å². The molecule has 0 amide bonds. The maximum atomic E-state index is 13.6. The highest BCUT2D eigenvalue weighted by Crippen LogP contribution is 2.22. The number of ether oxygens (including phenoxy) is 1. The molecule has 0 aliphatic rings. The van der Waals surface area contributed by atoms with Gasteiger partial charge in [0, 0.05) is 0 Å². The highest BCUT2D eigenvalue weighted by molar-refractivity contribution is 7.80. The van der Waals surface area contributed by atoms with E-state index in [0.29, 0.717) is 0 Å². The first-order chi connectivity index (χ1) is 9.08. The fourth-order valence-electron chi connectivity index (χ4n) is 1.61. The number of benzene rings is 2. The van der Waals surface area contributed by atoms with Gasteiger partial charge in [-0.1, -0.05) is 30.4 Å². The molecule has 2 nitrogen and oxygen atoms in total. The van der Waals surface area contributed by atoms with E-state index in [1.54, 1.807) is 18.2 Å². The van der Waals surface area contributed by atoms with Crippen molar-refractivity contribution in [1.82, 2.24) is 0 Å². The zero-order valence-electron chi connectivity index (χ0n) is 9.90. The summed E-state index contributed by atoms with van der Waals surface area (Å²) in [5.41, 5.74) is 6.31. The molecule has 0 aliphatic heterocycles. The Bertz CT molecular complexity index is 599. The third kappa shape index (κ3) is 3.26. The van der Waals surface area contributed by atoms with E-state index in [0.717, 1.165) is 5.56 Å². The number of nitrogens with two attached hydrogens (primary N) is 1. The summed E-state index contributed by atoms with van der Waals surface area (Å²) in [5.74, 6) is -0.570. The molecule has 0 fully saturated rings. The molecule has 2 aromatic rings. The number of halogens is 2. The van der Waals surface area contributed by atoms with Gasteiger partial charge in [-0.25, -0.2) is 8.78 Å². The van der Waals surface area contributed by atoms with Crippen LogP contribution in [0.5, 0.6) is 5.75 Å². The van der Waals surface area contributed by atoms with Crippen molar-refractivity contribution in [2.24, 2.45) is 5.73 Å². The molecular formula is C14H11F2NOS. The predicted octanol–water partition coefficient (Wildman–Crippen LogP) is 3.18. The molecule has 2 aromatic carbocycles. The topological polar surface area (TPSA) is 35.2 Å². The van der Waals surface area contributed by atoms with Gasteiger partial charge in [-0.15, -0.1) is 0 Å². The molecule has 98 valence electrons. The van der Waals surface area contributed by atoms with Crippen LogP contribution in [0.25, 0.3) is 0 Å². The molecule has 19 heavy (non-hydrogen) atoms. The predicted molar refractivity (Wildman–Crippen MR) is 73.0 cm³/mol. The van der Waals surface area contributed by atoms with Crippen molar-refractivity contribution >= 4 is 17.2 Å². The zero-order valence-corrected chi connectivity index (χ0v) is 10.7. The summed E-state index contributed by atoms with van der Waals surface area (Å²) in [6, 6.07) is 10.2. The van der Waals surface area contributed by atoms with Crippen molar-refractivity contribution in [2.75, 3.05) is 0 Å². The highest BCUT2D eigenvalue weighted by Gasteiger charge is 2.12. The van der Waals surface area contributed by atoms with Crippen LogP contribution in [0.15, 0.2) is 42.5 Å². The quantitative estimate of drug-likeness (QED) is 0.873. The lowest BCUT2D eigenvalue weighted by atomic mass is 10.2. The maximum Gasteiger partial charge on any atom is 0.137 e. The van der Waals surface area contributed by atoms with Crippen LogP contribution in [0.2, 0.25) is 0 Å². The lowest BCUT2D eigenvalue weighted by molar-refractivity contribution is 0.304. The third-order valence-corrected chi connectivity index (χ3v) is 2.73. The summed E-state index contributed by atoms with van der Waals surface area (Å²) < 4.78 is 31.8. The zero-order chi connectivity index (χ0) is 13.8. The minimum absolute atomic E-state index is 0.0628. The Morgan fingerprint density at radius 2 is 1.79 bits per heavy atom. The normalized spacial score (nSPS) is 10.2. The fraction of sp³-hybridized carbons (Fsp3) is 0.0714. The van der Waals surface area contributed by atoms with Gasteiger partial charge in [-0.3, -0.25) is 0 Å².